The zero-order chi connectivity index (χ0) is 8.27. The minimum Gasteiger partial charge on any atom is -0.322 e. The summed E-state index contributed by atoms with van der Waals surface area (Å²) in [6.07, 6.45) is 0.0312. The van der Waals surface area contributed by atoms with Gasteiger partial charge in [0.1, 0.15) is 5.69 Å². The second-order valence-electron chi connectivity index (χ2n) is 1.97. The number of halogens is 1. The Labute approximate surface area is 62.0 Å². The molecule has 6 heteroatoms. The van der Waals surface area contributed by atoms with Crippen LogP contribution in [-0.2, 0) is 0 Å². The number of aromatic amines is 1. The number of hydrogen-bond acceptors (Lipinski definition) is 4. The van der Waals surface area contributed by atoms with Crippen molar-refractivity contribution in [2.45, 2.75) is 12.5 Å². The molecule has 58 valence electrons. The smallest absolute Gasteiger partial charge is 0.257 e. The van der Waals surface area contributed by atoms with Gasteiger partial charge in [-0.1, -0.05) is 0 Å². The maximum atomic E-state index is 12.5. The SMILES string of the molecule is N#CCC(N)c1n[nH]nc1F. The number of nitrogens with one attached hydrogen (secondary N) is 1. The molecule has 0 amide bonds. The summed E-state index contributed by atoms with van der Waals surface area (Å²) in [6.45, 7) is 0. The lowest BCUT2D eigenvalue weighted by atomic mass is 10.2. The van der Waals surface area contributed by atoms with Crippen molar-refractivity contribution in [3.63, 3.8) is 0 Å². The molecule has 0 aliphatic heterocycles. The Morgan fingerprint density at radius 2 is 2.45 bits per heavy atom. The summed E-state index contributed by atoms with van der Waals surface area (Å²) < 4.78 is 12.5. The molecule has 0 aliphatic carbocycles. The van der Waals surface area contributed by atoms with Gasteiger partial charge in [0.05, 0.1) is 18.5 Å². The lowest BCUT2D eigenvalue weighted by Crippen LogP contribution is -2.11. The predicted molar refractivity (Wildman–Crippen MR) is 33.5 cm³/mol. The molecule has 3 N–H and O–H groups in total. The topological polar surface area (TPSA) is 91.4 Å². The standard InChI is InChI=1S/C5H6FN5/c6-5-4(9-11-10-5)3(8)1-2-7/h3H,1,8H2,(H,9,10,11). The van der Waals surface area contributed by atoms with Crippen LogP contribution in [0.1, 0.15) is 18.2 Å². The third-order valence-electron chi connectivity index (χ3n) is 1.19. The van der Waals surface area contributed by atoms with E-state index in [2.05, 4.69) is 15.4 Å². The van der Waals surface area contributed by atoms with Gasteiger partial charge in [0.15, 0.2) is 0 Å². The van der Waals surface area contributed by atoms with E-state index in [1.54, 1.807) is 0 Å². The molecule has 1 aromatic rings. The number of H-pyrrole nitrogens is 1. The molecule has 1 rings (SSSR count). The first-order valence-corrected chi connectivity index (χ1v) is 2.94. The first-order chi connectivity index (χ1) is 5.25. The molecule has 0 aromatic carbocycles. The Kier molecular flexibility index (Phi) is 2.13. The minimum atomic E-state index is -0.743. The van der Waals surface area contributed by atoms with Crippen LogP contribution >= 0.6 is 0 Å². The lowest BCUT2D eigenvalue weighted by molar-refractivity contribution is 0.548. The molecular weight excluding hydrogens is 149 g/mol. The molecule has 1 unspecified atom stereocenters. The van der Waals surface area contributed by atoms with Crippen LogP contribution in [0.25, 0.3) is 0 Å². The van der Waals surface area contributed by atoms with Crippen molar-refractivity contribution < 1.29 is 4.39 Å². The maximum absolute atomic E-state index is 12.5. The number of nitriles is 1. The van der Waals surface area contributed by atoms with Gasteiger partial charge in [-0.05, 0) is 0 Å². The van der Waals surface area contributed by atoms with Gasteiger partial charge in [-0.15, -0.1) is 5.10 Å². The highest BCUT2D eigenvalue weighted by Gasteiger charge is 2.14. The third-order valence-corrected chi connectivity index (χ3v) is 1.19. The molecule has 1 atom stereocenters. The fraction of sp³-hybridized carbons (Fsp3) is 0.400. The van der Waals surface area contributed by atoms with Gasteiger partial charge in [-0.3, -0.25) is 0 Å². The van der Waals surface area contributed by atoms with Crippen LogP contribution in [0.3, 0.4) is 0 Å². The highest BCUT2D eigenvalue weighted by atomic mass is 19.1. The van der Waals surface area contributed by atoms with Gasteiger partial charge >= 0.3 is 0 Å². The first-order valence-electron chi connectivity index (χ1n) is 2.94. The Hall–Kier alpha value is -1.48. The average molecular weight is 155 g/mol. The van der Waals surface area contributed by atoms with Crippen LogP contribution in [-0.4, -0.2) is 15.4 Å². The summed E-state index contributed by atoms with van der Waals surface area (Å²) in [5.74, 6) is -0.743. The molecule has 0 spiro atoms. The van der Waals surface area contributed by atoms with Crippen LogP contribution in [0.2, 0.25) is 0 Å². The largest absolute Gasteiger partial charge is 0.322 e. The number of rotatable bonds is 2. The molecular formula is C5H6FN5. The second kappa shape index (κ2) is 3.07. The molecule has 0 saturated heterocycles. The molecule has 1 aromatic heterocycles. The minimum absolute atomic E-state index is 0.00606. The summed E-state index contributed by atoms with van der Waals surface area (Å²) in [5, 5.41) is 16.9. The quantitative estimate of drug-likeness (QED) is 0.621. The van der Waals surface area contributed by atoms with E-state index in [-0.39, 0.29) is 12.1 Å². The fourth-order valence-electron chi connectivity index (χ4n) is 0.657. The van der Waals surface area contributed by atoms with E-state index in [0.29, 0.717) is 0 Å². The van der Waals surface area contributed by atoms with E-state index in [1.165, 1.54) is 0 Å². The lowest BCUT2D eigenvalue weighted by Gasteiger charge is -1.99. The number of nitrogens with zero attached hydrogens (tertiary/aromatic N) is 3. The van der Waals surface area contributed by atoms with E-state index in [9.17, 15) is 4.39 Å². The van der Waals surface area contributed by atoms with Crippen molar-refractivity contribution >= 4 is 0 Å². The van der Waals surface area contributed by atoms with Gasteiger partial charge in [0.2, 0.25) is 0 Å². The van der Waals surface area contributed by atoms with Crippen molar-refractivity contribution in [2.24, 2.45) is 5.73 Å². The summed E-state index contributed by atoms with van der Waals surface area (Å²) in [6, 6.07) is 1.11. The van der Waals surface area contributed by atoms with Crippen molar-refractivity contribution in [1.82, 2.24) is 15.4 Å². The molecule has 5 nitrogen and oxygen atoms in total. The summed E-state index contributed by atoms with van der Waals surface area (Å²) in [5.41, 5.74) is 5.37. The van der Waals surface area contributed by atoms with Crippen LogP contribution in [0.5, 0.6) is 0 Å². The summed E-state index contributed by atoms with van der Waals surface area (Å²) in [4.78, 5) is 0. The molecule has 11 heavy (non-hydrogen) atoms. The van der Waals surface area contributed by atoms with Crippen molar-refractivity contribution in [3.8, 4) is 6.07 Å². The molecule has 1 heterocycles. The molecule has 0 saturated carbocycles. The average Bonchev–Trinajstić information content (AvgIpc) is 2.36. The van der Waals surface area contributed by atoms with Crippen LogP contribution in [0.4, 0.5) is 4.39 Å². The summed E-state index contributed by atoms with van der Waals surface area (Å²) in [7, 11) is 0. The van der Waals surface area contributed by atoms with Crippen molar-refractivity contribution in [3.05, 3.63) is 11.6 Å². The van der Waals surface area contributed by atoms with Gasteiger partial charge in [0, 0.05) is 0 Å². The molecule has 0 aliphatic rings. The molecule has 0 radical (unpaired) electrons. The maximum Gasteiger partial charge on any atom is 0.257 e. The Bertz CT molecular complexity index is 275. The van der Waals surface area contributed by atoms with Crippen LogP contribution < -0.4 is 5.73 Å². The van der Waals surface area contributed by atoms with E-state index in [4.69, 9.17) is 11.0 Å². The Balaban J connectivity index is 2.77. The van der Waals surface area contributed by atoms with Crippen LogP contribution in [0, 0.1) is 17.3 Å². The Morgan fingerprint density at radius 1 is 1.73 bits per heavy atom. The predicted octanol–water partition coefficient (Wildman–Crippen LogP) is -0.143. The highest BCUT2D eigenvalue weighted by Crippen LogP contribution is 2.11. The van der Waals surface area contributed by atoms with E-state index in [0.717, 1.165) is 0 Å². The normalized spacial score (nSPS) is 12.5. The first kappa shape index (κ1) is 7.63. The second-order valence-corrected chi connectivity index (χ2v) is 1.97. The fourth-order valence-corrected chi connectivity index (χ4v) is 0.657. The number of nitrogens with two attached hydrogens (primary N) is 1. The zero-order valence-electron chi connectivity index (χ0n) is 5.58. The number of hydrogen-bond donors (Lipinski definition) is 2. The third kappa shape index (κ3) is 1.50. The van der Waals surface area contributed by atoms with E-state index >= 15 is 0 Å². The van der Waals surface area contributed by atoms with E-state index < -0.39 is 12.0 Å². The van der Waals surface area contributed by atoms with Gasteiger partial charge in [-0.25, -0.2) is 0 Å². The van der Waals surface area contributed by atoms with E-state index in [1.807, 2.05) is 6.07 Å². The number of aromatic nitrogens is 3. The highest BCUT2D eigenvalue weighted by molar-refractivity contribution is 5.03. The monoisotopic (exact) mass is 155 g/mol. The molecule has 0 fully saturated rings. The van der Waals surface area contributed by atoms with Gasteiger partial charge < -0.3 is 5.73 Å². The van der Waals surface area contributed by atoms with Crippen LogP contribution in [0.15, 0.2) is 0 Å². The van der Waals surface area contributed by atoms with Crippen molar-refractivity contribution in [2.75, 3.05) is 0 Å². The zero-order valence-corrected chi connectivity index (χ0v) is 5.58. The Morgan fingerprint density at radius 3 is 2.91 bits per heavy atom. The van der Waals surface area contributed by atoms with Crippen molar-refractivity contribution in [1.29, 1.82) is 5.26 Å². The van der Waals surface area contributed by atoms with Gasteiger partial charge in [-0.2, -0.15) is 20.0 Å². The van der Waals surface area contributed by atoms with Gasteiger partial charge in [0.25, 0.3) is 5.95 Å². The molecule has 0 bridgehead atoms. The summed E-state index contributed by atoms with van der Waals surface area (Å²) >= 11 is 0.